The fourth-order valence-electron chi connectivity index (χ4n) is 1.99. The molecule has 16 heavy (non-hydrogen) atoms. The third-order valence-corrected chi connectivity index (χ3v) is 4.27. The van der Waals surface area contributed by atoms with Gasteiger partial charge in [-0.3, -0.25) is 4.79 Å². The summed E-state index contributed by atoms with van der Waals surface area (Å²) in [5.74, 6) is -0.0252. The molecule has 0 spiro atoms. The molecule has 2 saturated heterocycles. The fourth-order valence-corrected chi connectivity index (χ4v) is 3.34. The summed E-state index contributed by atoms with van der Waals surface area (Å²) in [5, 5.41) is 9.02. The average molecular weight is 245 g/mol. The summed E-state index contributed by atoms with van der Waals surface area (Å²) in [7, 11) is 0. The van der Waals surface area contributed by atoms with Gasteiger partial charge in [0.2, 0.25) is 5.91 Å². The molecule has 2 fully saturated rings. The summed E-state index contributed by atoms with van der Waals surface area (Å²) in [4.78, 5) is 24.1. The highest BCUT2D eigenvalue weighted by atomic mass is 32.2. The second-order valence-electron chi connectivity index (χ2n) is 4.01. The molecule has 0 aromatic rings. The topological polar surface area (TPSA) is 66.8 Å². The number of ether oxygens (including phenoxy) is 1. The first kappa shape index (κ1) is 11.7. The van der Waals surface area contributed by atoms with Gasteiger partial charge in [-0.1, -0.05) is 0 Å². The van der Waals surface area contributed by atoms with Crippen LogP contribution >= 0.6 is 11.8 Å². The predicted octanol–water partition coefficient (Wildman–Crippen LogP) is 0.542. The number of thioether (sulfide) groups is 1. The zero-order valence-electron chi connectivity index (χ0n) is 8.92. The Morgan fingerprint density at radius 1 is 1.50 bits per heavy atom. The molecule has 2 rings (SSSR count). The van der Waals surface area contributed by atoms with Gasteiger partial charge in [0.25, 0.3) is 0 Å². The molecule has 0 aliphatic carbocycles. The van der Waals surface area contributed by atoms with Crippen molar-refractivity contribution in [1.82, 2.24) is 4.90 Å². The Bertz CT molecular complexity index is 291. The van der Waals surface area contributed by atoms with E-state index in [-0.39, 0.29) is 24.4 Å². The minimum absolute atomic E-state index is 0.0862. The van der Waals surface area contributed by atoms with Gasteiger partial charge in [-0.2, -0.15) is 0 Å². The molecule has 2 aliphatic heterocycles. The van der Waals surface area contributed by atoms with Crippen LogP contribution in [-0.4, -0.2) is 52.3 Å². The first-order chi connectivity index (χ1) is 7.68. The Kier molecular flexibility index (Phi) is 3.70. The standard InChI is InChI=1S/C10H15NO4S/c12-8-6-15-7(10(13)14)5-11(8)9-3-1-2-4-16-9/h7,9H,1-6H2,(H,13,14). The summed E-state index contributed by atoms with van der Waals surface area (Å²) >= 11 is 1.74. The molecule has 1 amide bonds. The molecule has 0 aromatic heterocycles. The van der Waals surface area contributed by atoms with E-state index in [4.69, 9.17) is 9.84 Å². The van der Waals surface area contributed by atoms with E-state index in [1.54, 1.807) is 16.7 Å². The van der Waals surface area contributed by atoms with E-state index >= 15 is 0 Å². The van der Waals surface area contributed by atoms with Gasteiger partial charge in [0, 0.05) is 0 Å². The Morgan fingerprint density at radius 3 is 2.94 bits per heavy atom. The van der Waals surface area contributed by atoms with Crippen LogP contribution in [-0.2, 0) is 14.3 Å². The summed E-state index contributed by atoms with van der Waals surface area (Å²) in [6, 6.07) is 0. The van der Waals surface area contributed by atoms with Gasteiger partial charge in [0.15, 0.2) is 6.10 Å². The van der Waals surface area contributed by atoms with Gasteiger partial charge in [0.05, 0.1) is 11.9 Å². The highest BCUT2D eigenvalue weighted by Crippen LogP contribution is 2.29. The number of amides is 1. The second-order valence-corrected chi connectivity index (χ2v) is 5.29. The van der Waals surface area contributed by atoms with Gasteiger partial charge < -0.3 is 14.7 Å². The van der Waals surface area contributed by atoms with Crippen LogP contribution in [0.5, 0.6) is 0 Å². The molecule has 1 N–H and O–H groups in total. The van der Waals surface area contributed by atoms with Crippen molar-refractivity contribution in [3.63, 3.8) is 0 Å². The molecular formula is C10H15NO4S. The molecule has 5 nitrogen and oxygen atoms in total. The van der Waals surface area contributed by atoms with Crippen molar-refractivity contribution in [3.05, 3.63) is 0 Å². The number of hydrogen-bond donors (Lipinski definition) is 1. The Morgan fingerprint density at radius 2 is 2.31 bits per heavy atom. The van der Waals surface area contributed by atoms with E-state index in [0.29, 0.717) is 0 Å². The largest absolute Gasteiger partial charge is 0.479 e. The number of nitrogens with zero attached hydrogens (tertiary/aromatic N) is 1. The number of morpholine rings is 1. The first-order valence-corrected chi connectivity index (χ1v) is 6.49. The van der Waals surface area contributed by atoms with Crippen molar-refractivity contribution < 1.29 is 19.4 Å². The monoisotopic (exact) mass is 245 g/mol. The van der Waals surface area contributed by atoms with Crippen molar-refractivity contribution in [2.24, 2.45) is 0 Å². The third kappa shape index (κ3) is 2.49. The molecule has 2 aliphatic rings. The van der Waals surface area contributed by atoms with Crippen molar-refractivity contribution in [2.75, 3.05) is 18.9 Å². The van der Waals surface area contributed by atoms with Crippen LogP contribution in [0.25, 0.3) is 0 Å². The number of carboxylic acids is 1. The minimum Gasteiger partial charge on any atom is -0.479 e. The fraction of sp³-hybridized carbons (Fsp3) is 0.800. The smallest absolute Gasteiger partial charge is 0.334 e. The van der Waals surface area contributed by atoms with E-state index in [0.717, 1.165) is 18.6 Å². The number of aliphatic carboxylic acids is 1. The maximum Gasteiger partial charge on any atom is 0.334 e. The maximum atomic E-state index is 11.7. The van der Waals surface area contributed by atoms with Gasteiger partial charge in [0.1, 0.15) is 6.61 Å². The van der Waals surface area contributed by atoms with Crippen LogP contribution in [0.4, 0.5) is 0 Å². The molecule has 6 heteroatoms. The molecule has 0 radical (unpaired) electrons. The number of carboxylic acid groups (broad SMARTS) is 1. The quantitative estimate of drug-likeness (QED) is 0.769. The van der Waals surface area contributed by atoms with E-state index in [1.807, 2.05) is 0 Å². The lowest BCUT2D eigenvalue weighted by molar-refractivity contribution is -0.165. The molecule has 90 valence electrons. The predicted molar refractivity (Wildman–Crippen MR) is 59.2 cm³/mol. The molecule has 0 bridgehead atoms. The molecule has 2 atom stereocenters. The maximum absolute atomic E-state index is 11.7. The normalized spacial score (nSPS) is 31.5. The second kappa shape index (κ2) is 5.05. The van der Waals surface area contributed by atoms with Crippen LogP contribution in [0.3, 0.4) is 0 Å². The highest BCUT2D eigenvalue weighted by Gasteiger charge is 2.35. The van der Waals surface area contributed by atoms with Crippen LogP contribution in [0, 0.1) is 0 Å². The van der Waals surface area contributed by atoms with Gasteiger partial charge in [-0.25, -0.2) is 4.79 Å². The number of hydrogen-bond acceptors (Lipinski definition) is 4. The van der Waals surface area contributed by atoms with Crippen molar-refractivity contribution >= 4 is 23.6 Å². The van der Waals surface area contributed by atoms with Crippen molar-refractivity contribution in [1.29, 1.82) is 0 Å². The lowest BCUT2D eigenvalue weighted by Crippen LogP contribution is -2.53. The minimum atomic E-state index is -0.988. The summed E-state index contributed by atoms with van der Waals surface area (Å²) in [6.07, 6.45) is 2.39. The van der Waals surface area contributed by atoms with Crippen LogP contribution < -0.4 is 0 Å². The molecule has 0 aromatic carbocycles. The van der Waals surface area contributed by atoms with Gasteiger partial charge in [-0.05, 0) is 25.0 Å². The number of carbonyl (C=O) groups is 2. The number of rotatable bonds is 2. The average Bonchev–Trinajstić information content (AvgIpc) is 2.30. The van der Waals surface area contributed by atoms with E-state index in [1.165, 1.54) is 6.42 Å². The SMILES string of the molecule is O=C(O)C1CN(C2CCCCS2)C(=O)CO1. The van der Waals surface area contributed by atoms with Gasteiger partial charge in [-0.15, -0.1) is 11.8 Å². The van der Waals surface area contributed by atoms with Crippen LogP contribution in [0.15, 0.2) is 0 Å². The Hall–Kier alpha value is -0.750. The lowest BCUT2D eigenvalue weighted by Gasteiger charge is -2.38. The van der Waals surface area contributed by atoms with Crippen molar-refractivity contribution in [2.45, 2.75) is 30.7 Å². The van der Waals surface area contributed by atoms with Crippen LogP contribution in [0.1, 0.15) is 19.3 Å². The molecule has 0 saturated carbocycles. The first-order valence-electron chi connectivity index (χ1n) is 5.44. The zero-order chi connectivity index (χ0) is 11.5. The van der Waals surface area contributed by atoms with Crippen molar-refractivity contribution in [3.8, 4) is 0 Å². The highest BCUT2D eigenvalue weighted by molar-refractivity contribution is 7.99. The Labute approximate surface area is 98.1 Å². The summed E-state index contributed by atoms with van der Waals surface area (Å²) in [5.41, 5.74) is 0. The van der Waals surface area contributed by atoms with E-state index in [9.17, 15) is 9.59 Å². The van der Waals surface area contributed by atoms with Crippen LogP contribution in [0.2, 0.25) is 0 Å². The van der Waals surface area contributed by atoms with E-state index < -0.39 is 12.1 Å². The lowest BCUT2D eigenvalue weighted by atomic mass is 10.2. The number of carbonyl (C=O) groups excluding carboxylic acids is 1. The molecule has 2 heterocycles. The summed E-state index contributed by atoms with van der Waals surface area (Å²) in [6.45, 7) is 0.0832. The summed E-state index contributed by atoms with van der Waals surface area (Å²) < 4.78 is 4.97. The van der Waals surface area contributed by atoms with Gasteiger partial charge >= 0.3 is 5.97 Å². The third-order valence-electron chi connectivity index (χ3n) is 2.87. The zero-order valence-corrected chi connectivity index (χ0v) is 9.74. The Balaban J connectivity index is 1.99. The molecule has 2 unspecified atom stereocenters. The molecular weight excluding hydrogens is 230 g/mol. The van der Waals surface area contributed by atoms with E-state index in [2.05, 4.69) is 0 Å².